The summed E-state index contributed by atoms with van der Waals surface area (Å²) in [5.41, 5.74) is 2.14. The molecule has 5 nitrogen and oxygen atoms in total. The van der Waals surface area contributed by atoms with Crippen LogP contribution in [0.5, 0.6) is 5.75 Å². The average molecular weight is 389 g/mol. The molecule has 1 aliphatic rings. The molecule has 0 aromatic heterocycles. The Hall–Kier alpha value is -2.08. The highest BCUT2D eigenvalue weighted by molar-refractivity contribution is 6.30. The van der Waals surface area contributed by atoms with Crippen molar-refractivity contribution in [2.75, 3.05) is 39.4 Å². The van der Waals surface area contributed by atoms with Crippen molar-refractivity contribution < 1.29 is 14.6 Å². The van der Waals surface area contributed by atoms with Gasteiger partial charge in [0.15, 0.2) is 6.61 Å². The molecule has 0 atom stereocenters. The van der Waals surface area contributed by atoms with Crippen LogP contribution in [0.2, 0.25) is 5.02 Å². The van der Waals surface area contributed by atoms with E-state index in [9.17, 15) is 4.79 Å². The topological polar surface area (TPSA) is 53.0 Å². The summed E-state index contributed by atoms with van der Waals surface area (Å²) in [6.45, 7) is 4.04. The van der Waals surface area contributed by atoms with E-state index in [1.54, 1.807) is 0 Å². The minimum absolute atomic E-state index is 0.0000514. The first-order valence-electron chi connectivity index (χ1n) is 9.22. The number of rotatable bonds is 7. The van der Waals surface area contributed by atoms with E-state index in [2.05, 4.69) is 4.90 Å². The van der Waals surface area contributed by atoms with Crippen LogP contribution in [-0.4, -0.2) is 60.2 Å². The molecule has 27 heavy (non-hydrogen) atoms. The molecule has 1 aliphatic heterocycles. The maximum absolute atomic E-state index is 12.5. The van der Waals surface area contributed by atoms with Gasteiger partial charge in [-0.15, -0.1) is 0 Å². The van der Waals surface area contributed by atoms with Gasteiger partial charge in [0.1, 0.15) is 5.75 Å². The van der Waals surface area contributed by atoms with Crippen LogP contribution in [-0.2, 0) is 17.8 Å². The zero-order valence-electron chi connectivity index (χ0n) is 15.3. The first-order valence-corrected chi connectivity index (χ1v) is 9.59. The van der Waals surface area contributed by atoms with Crippen LogP contribution in [0.4, 0.5) is 0 Å². The molecule has 0 bridgehead atoms. The third kappa shape index (κ3) is 5.70. The van der Waals surface area contributed by atoms with Crippen LogP contribution in [0.3, 0.4) is 0 Å². The third-order valence-corrected chi connectivity index (χ3v) is 5.00. The van der Waals surface area contributed by atoms with Crippen LogP contribution in [0, 0.1) is 0 Å². The van der Waals surface area contributed by atoms with E-state index in [1.165, 1.54) is 5.56 Å². The molecule has 6 heteroatoms. The summed E-state index contributed by atoms with van der Waals surface area (Å²) < 4.78 is 5.71. The first kappa shape index (κ1) is 19.7. The standard InChI is InChI=1S/C21H25ClN2O3/c22-19-7-5-17(6-8-19)15-23-10-12-24(13-11-23)21(26)16-27-20-4-2-1-3-18(20)9-14-25/h1-8,25H,9-16H2. The Labute approximate surface area is 165 Å². The van der Waals surface area contributed by atoms with Crippen LogP contribution >= 0.6 is 11.6 Å². The van der Waals surface area contributed by atoms with Crippen molar-refractivity contribution in [3.8, 4) is 5.75 Å². The van der Waals surface area contributed by atoms with Crippen molar-refractivity contribution in [2.45, 2.75) is 13.0 Å². The second-order valence-corrected chi connectivity index (χ2v) is 7.09. The number of aliphatic hydroxyl groups excluding tert-OH is 1. The number of hydrogen-bond acceptors (Lipinski definition) is 4. The van der Waals surface area contributed by atoms with E-state index in [-0.39, 0.29) is 19.1 Å². The molecule has 3 rings (SSSR count). The summed E-state index contributed by atoms with van der Waals surface area (Å²) in [7, 11) is 0. The Balaban J connectivity index is 1.45. The maximum Gasteiger partial charge on any atom is 0.260 e. The molecule has 0 saturated carbocycles. The van der Waals surface area contributed by atoms with Gasteiger partial charge in [0.05, 0.1) is 0 Å². The van der Waals surface area contributed by atoms with Crippen molar-refractivity contribution >= 4 is 17.5 Å². The van der Waals surface area contributed by atoms with Gasteiger partial charge in [-0.3, -0.25) is 9.69 Å². The van der Waals surface area contributed by atoms with Gasteiger partial charge < -0.3 is 14.7 Å². The lowest BCUT2D eigenvalue weighted by molar-refractivity contribution is -0.135. The van der Waals surface area contributed by atoms with Crippen molar-refractivity contribution in [1.82, 2.24) is 9.80 Å². The third-order valence-electron chi connectivity index (χ3n) is 4.75. The molecule has 1 N–H and O–H groups in total. The number of halogens is 1. The van der Waals surface area contributed by atoms with Gasteiger partial charge in [-0.25, -0.2) is 0 Å². The summed E-state index contributed by atoms with van der Waals surface area (Å²) in [6, 6.07) is 15.4. The van der Waals surface area contributed by atoms with Gasteiger partial charge in [-0.1, -0.05) is 41.9 Å². The summed E-state index contributed by atoms with van der Waals surface area (Å²) in [4.78, 5) is 16.7. The molecule has 2 aromatic carbocycles. The SMILES string of the molecule is O=C(COc1ccccc1CCO)N1CCN(Cc2ccc(Cl)cc2)CC1. The Morgan fingerprint density at radius 2 is 1.74 bits per heavy atom. The number of hydrogen-bond donors (Lipinski definition) is 1. The van der Waals surface area contributed by atoms with Gasteiger partial charge in [-0.2, -0.15) is 0 Å². The summed E-state index contributed by atoms with van der Waals surface area (Å²) >= 11 is 5.93. The Morgan fingerprint density at radius 1 is 1.04 bits per heavy atom. The predicted molar refractivity (Wildman–Crippen MR) is 106 cm³/mol. The number of ether oxygens (including phenoxy) is 1. The highest BCUT2D eigenvalue weighted by Crippen LogP contribution is 2.18. The second kappa shape index (κ2) is 9.74. The molecule has 1 fully saturated rings. The molecule has 0 radical (unpaired) electrons. The van der Waals surface area contributed by atoms with Gasteiger partial charge in [-0.05, 0) is 35.7 Å². The lowest BCUT2D eigenvalue weighted by atomic mass is 10.1. The Morgan fingerprint density at radius 3 is 2.44 bits per heavy atom. The quantitative estimate of drug-likeness (QED) is 0.792. The number of aliphatic hydroxyl groups is 1. The van der Waals surface area contributed by atoms with Crippen molar-refractivity contribution in [1.29, 1.82) is 0 Å². The molecule has 1 saturated heterocycles. The van der Waals surface area contributed by atoms with Crippen LogP contribution < -0.4 is 4.74 Å². The minimum atomic E-state index is -0.0000514. The van der Waals surface area contributed by atoms with Crippen molar-refractivity contribution in [3.63, 3.8) is 0 Å². The van der Waals surface area contributed by atoms with E-state index in [1.807, 2.05) is 53.4 Å². The largest absolute Gasteiger partial charge is 0.483 e. The smallest absolute Gasteiger partial charge is 0.260 e. The highest BCUT2D eigenvalue weighted by Gasteiger charge is 2.21. The van der Waals surface area contributed by atoms with E-state index in [0.717, 1.165) is 30.2 Å². The lowest BCUT2D eigenvalue weighted by Gasteiger charge is -2.34. The average Bonchev–Trinajstić information content (AvgIpc) is 2.70. The molecule has 0 unspecified atom stereocenters. The van der Waals surface area contributed by atoms with E-state index >= 15 is 0 Å². The summed E-state index contributed by atoms with van der Waals surface area (Å²) in [5, 5.41) is 9.87. The van der Waals surface area contributed by atoms with Crippen LogP contribution in [0.15, 0.2) is 48.5 Å². The molecule has 1 heterocycles. The molecule has 1 amide bonds. The number of piperazine rings is 1. The molecule has 0 spiro atoms. The maximum atomic E-state index is 12.5. The zero-order valence-corrected chi connectivity index (χ0v) is 16.1. The first-order chi connectivity index (χ1) is 13.2. The van der Waals surface area contributed by atoms with Gasteiger partial charge in [0, 0.05) is 44.4 Å². The van der Waals surface area contributed by atoms with Gasteiger partial charge in [0.2, 0.25) is 0 Å². The van der Waals surface area contributed by atoms with Crippen LogP contribution in [0.25, 0.3) is 0 Å². The number of para-hydroxylation sites is 1. The fourth-order valence-corrected chi connectivity index (χ4v) is 3.33. The Kier molecular flexibility index (Phi) is 7.10. The highest BCUT2D eigenvalue weighted by atomic mass is 35.5. The monoisotopic (exact) mass is 388 g/mol. The molecular weight excluding hydrogens is 364 g/mol. The number of amides is 1. The fraction of sp³-hybridized carbons (Fsp3) is 0.381. The van der Waals surface area contributed by atoms with E-state index < -0.39 is 0 Å². The Bertz CT molecular complexity index is 743. The summed E-state index contributed by atoms with van der Waals surface area (Å²) in [6.07, 6.45) is 0.522. The molecule has 0 aliphatic carbocycles. The molecule has 2 aromatic rings. The molecule has 144 valence electrons. The normalized spacial score (nSPS) is 15.0. The second-order valence-electron chi connectivity index (χ2n) is 6.65. The van der Waals surface area contributed by atoms with Crippen molar-refractivity contribution in [2.24, 2.45) is 0 Å². The number of nitrogens with zero attached hydrogens (tertiary/aromatic N) is 2. The minimum Gasteiger partial charge on any atom is -0.483 e. The van der Waals surface area contributed by atoms with Gasteiger partial charge >= 0.3 is 0 Å². The predicted octanol–water partition coefficient (Wildman–Crippen LogP) is 2.60. The van der Waals surface area contributed by atoms with E-state index in [4.69, 9.17) is 21.4 Å². The summed E-state index contributed by atoms with van der Waals surface area (Å²) in [5.74, 6) is 0.668. The zero-order chi connectivity index (χ0) is 19.1. The number of carbonyl (C=O) groups excluding carboxylic acids is 1. The van der Waals surface area contributed by atoms with Crippen molar-refractivity contribution in [3.05, 3.63) is 64.7 Å². The number of carbonyl (C=O) groups is 1. The number of benzene rings is 2. The van der Waals surface area contributed by atoms with E-state index in [0.29, 0.717) is 25.3 Å². The molecular formula is C21H25ClN2O3. The van der Waals surface area contributed by atoms with Crippen LogP contribution in [0.1, 0.15) is 11.1 Å². The van der Waals surface area contributed by atoms with Gasteiger partial charge in [0.25, 0.3) is 5.91 Å². The lowest BCUT2D eigenvalue weighted by Crippen LogP contribution is -2.49. The fourth-order valence-electron chi connectivity index (χ4n) is 3.21.